The van der Waals surface area contributed by atoms with Crippen LogP contribution < -0.4 is 5.32 Å². The first-order valence-electron chi connectivity index (χ1n) is 9.04. The molecule has 1 unspecified atom stereocenters. The van der Waals surface area contributed by atoms with Crippen molar-refractivity contribution in [1.29, 1.82) is 5.26 Å². The number of hydrogen-bond acceptors (Lipinski definition) is 5. The van der Waals surface area contributed by atoms with E-state index in [0.717, 1.165) is 43.6 Å². The molecule has 2 heterocycles. The van der Waals surface area contributed by atoms with Crippen molar-refractivity contribution >= 4 is 17.4 Å². The van der Waals surface area contributed by atoms with E-state index in [1.807, 2.05) is 37.8 Å². The van der Waals surface area contributed by atoms with Crippen molar-refractivity contribution < 1.29 is 9.53 Å². The van der Waals surface area contributed by atoms with Crippen LogP contribution in [-0.4, -0.2) is 34.7 Å². The fourth-order valence-electron chi connectivity index (χ4n) is 3.81. The fourth-order valence-corrected chi connectivity index (χ4v) is 4.56. The van der Waals surface area contributed by atoms with Gasteiger partial charge in [0.15, 0.2) is 0 Å². The third kappa shape index (κ3) is 4.16. The highest BCUT2D eigenvalue weighted by Gasteiger charge is 2.49. The van der Waals surface area contributed by atoms with Crippen LogP contribution in [0.3, 0.4) is 0 Å². The first kappa shape index (κ1) is 18.2. The average molecular weight is 362 g/mol. The molecular weight excluding hydrogens is 334 g/mol. The Labute approximate surface area is 154 Å². The van der Waals surface area contributed by atoms with Crippen molar-refractivity contribution in [3.8, 4) is 6.07 Å². The van der Waals surface area contributed by atoms with E-state index < -0.39 is 5.60 Å². The van der Waals surface area contributed by atoms with E-state index >= 15 is 0 Å². The minimum Gasteiger partial charge on any atom is -0.444 e. The van der Waals surface area contributed by atoms with Crippen LogP contribution in [0.5, 0.6) is 0 Å². The molecule has 1 amide bonds. The predicted molar refractivity (Wildman–Crippen MR) is 98.4 cm³/mol. The molecule has 1 saturated carbocycles. The van der Waals surface area contributed by atoms with Gasteiger partial charge in [-0.2, -0.15) is 5.26 Å². The number of ether oxygens (including phenoxy) is 1. The molecule has 0 aromatic carbocycles. The van der Waals surface area contributed by atoms with E-state index in [0.29, 0.717) is 6.04 Å². The Bertz CT molecular complexity index is 667. The fraction of sp³-hybridized carbons (Fsp3) is 0.684. The zero-order valence-electron chi connectivity index (χ0n) is 15.3. The summed E-state index contributed by atoms with van der Waals surface area (Å²) in [6.07, 6.45) is 5.09. The number of thiophene rings is 1. The Morgan fingerprint density at radius 3 is 2.80 bits per heavy atom. The van der Waals surface area contributed by atoms with Gasteiger partial charge in [-0.15, -0.1) is 11.3 Å². The molecule has 0 radical (unpaired) electrons. The van der Waals surface area contributed by atoms with Gasteiger partial charge in [0.2, 0.25) is 0 Å². The average Bonchev–Trinajstić information content (AvgIpc) is 2.97. The van der Waals surface area contributed by atoms with Crippen LogP contribution in [0.4, 0.5) is 4.79 Å². The highest BCUT2D eigenvalue weighted by molar-refractivity contribution is 7.12. The van der Waals surface area contributed by atoms with Crippen molar-refractivity contribution in [2.24, 2.45) is 0 Å². The van der Waals surface area contributed by atoms with Crippen molar-refractivity contribution in [2.75, 3.05) is 6.54 Å². The van der Waals surface area contributed by atoms with Gasteiger partial charge in [-0.25, -0.2) is 4.79 Å². The number of nitrogens with one attached hydrogen (secondary N) is 1. The van der Waals surface area contributed by atoms with E-state index in [2.05, 4.69) is 11.4 Å². The first-order chi connectivity index (χ1) is 11.8. The Hall–Kier alpha value is -1.58. The number of rotatable bonds is 3. The number of carbonyl (C=O) groups is 1. The Morgan fingerprint density at radius 1 is 1.48 bits per heavy atom. The summed E-state index contributed by atoms with van der Waals surface area (Å²) < 4.78 is 5.63. The van der Waals surface area contributed by atoms with E-state index in [-0.39, 0.29) is 11.6 Å². The topological polar surface area (TPSA) is 65.4 Å². The van der Waals surface area contributed by atoms with Gasteiger partial charge >= 0.3 is 6.09 Å². The SMILES string of the molecule is CC(C)(C)OC(=O)N1CCC(NCc2ccc(C#N)s2)CC12CCC2. The van der Waals surface area contributed by atoms with Crippen LogP contribution in [0.25, 0.3) is 0 Å². The van der Waals surface area contributed by atoms with Gasteiger partial charge in [0.05, 0.1) is 0 Å². The molecule has 1 saturated heterocycles. The van der Waals surface area contributed by atoms with Gasteiger partial charge in [0, 0.05) is 29.5 Å². The van der Waals surface area contributed by atoms with E-state index in [4.69, 9.17) is 10.00 Å². The van der Waals surface area contributed by atoms with E-state index in [9.17, 15) is 4.79 Å². The summed E-state index contributed by atoms with van der Waals surface area (Å²) in [5.41, 5.74) is -0.472. The van der Waals surface area contributed by atoms with Crippen molar-refractivity contribution in [3.05, 3.63) is 21.9 Å². The minimum absolute atomic E-state index is 0.0223. The molecule has 3 rings (SSSR count). The van der Waals surface area contributed by atoms with Gasteiger partial charge < -0.3 is 15.0 Å². The van der Waals surface area contributed by atoms with Gasteiger partial charge in [-0.05, 0) is 65.0 Å². The zero-order valence-corrected chi connectivity index (χ0v) is 16.1. The standard InChI is InChI=1S/C19H27N3O2S/c1-18(2,3)24-17(23)22-10-7-14(11-19(22)8-4-9-19)21-13-16-6-5-15(12-20)25-16/h5-6,14,21H,4,7-11,13H2,1-3H3. The smallest absolute Gasteiger partial charge is 0.410 e. The number of hydrogen-bond donors (Lipinski definition) is 1. The second kappa shape index (κ2) is 6.97. The molecule has 1 atom stereocenters. The van der Waals surface area contributed by atoms with Crippen LogP contribution in [0, 0.1) is 11.3 Å². The Balaban J connectivity index is 1.59. The summed E-state index contributed by atoms with van der Waals surface area (Å²) in [6, 6.07) is 6.49. The normalized spacial score (nSPS) is 22.3. The van der Waals surface area contributed by atoms with E-state index in [1.54, 1.807) is 11.3 Å². The van der Waals surface area contributed by atoms with Gasteiger partial charge in [-0.1, -0.05) is 0 Å². The van der Waals surface area contributed by atoms with Crippen LogP contribution in [-0.2, 0) is 11.3 Å². The number of likely N-dealkylation sites (tertiary alicyclic amines) is 1. The van der Waals surface area contributed by atoms with Crippen molar-refractivity contribution in [3.63, 3.8) is 0 Å². The molecule has 5 nitrogen and oxygen atoms in total. The lowest BCUT2D eigenvalue weighted by atomic mass is 9.69. The number of amides is 1. The highest BCUT2D eigenvalue weighted by atomic mass is 32.1. The summed E-state index contributed by atoms with van der Waals surface area (Å²) in [4.78, 5) is 16.5. The minimum atomic E-state index is -0.450. The maximum atomic E-state index is 12.6. The molecular formula is C19H27N3O2S. The summed E-state index contributed by atoms with van der Waals surface area (Å²) in [6.45, 7) is 7.30. The number of nitrogens with zero attached hydrogens (tertiary/aromatic N) is 2. The lowest BCUT2D eigenvalue weighted by molar-refractivity contribution is -0.0494. The largest absolute Gasteiger partial charge is 0.444 e. The molecule has 6 heteroatoms. The first-order valence-corrected chi connectivity index (χ1v) is 9.86. The summed E-state index contributed by atoms with van der Waals surface area (Å²) >= 11 is 1.54. The van der Waals surface area contributed by atoms with E-state index in [1.165, 1.54) is 11.3 Å². The van der Waals surface area contributed by atoms with Crippen LogP contribution in [0.1, 0.15) is 62.6 Å². The molecule has 25 heavy (non-hydrogen) atoms. The predicted octanol–water partition coefficient (Wildman–Crippen LogP) is 4.03. The maximum absolute atomic E-state index is 12.6. The number of piperidine rings is 1. The molecule has 1 aromatic heterocycles. The van der Waals surface area contributed by atoms with Crippen LogP contribution >= 0.6 is 11.3 Å². The zero-order chi connectivity index (χ0) is 18.1. The number of carbonyl (C=O) groups excluding carboxylic acids is 1. The molecule has 0 bridgehead atoms. The molecule has 1 aliphatic heterocycles. The molecule has 2 aliphatic rings. The quantitative estimate of drug-likeness (QED) is 0.883. The molecule has 2 fully saturated rings. The molecule has 1 aliphatic carbocycles. The monoisotopic (exact) mass is 361 g/mol. The van der Waals surface area contributed by atoms with Gasteiger partial charge in [-0.3, -0.25) is 0 Å². The summed E-state index contributed by atoms with van der Waals surface area (Å²) in [7, 11) is 0. The highest BCUT2D eigenvalue weighted by Crippen LogP contribution is 2.45. The lowest BCUT2D eigenvalue weighted by Crippen LogP contribution is -2.63. The summed E-state index contributed by atoms with van der Waals surface area (Å²) in [5.74, 6) is 0. The molecule has 1 aromatic rings. The van der Waals surface area contributed by atoms with Gasteiger partial charge in [0.25, 0.3) is 0 Å². The third-order valence-corrected chi connectivity index (χ3v) is 6.12. The van der Waals surface area contributed by atoms with Gasteiger partial charge in [0.1, 0.15) is 16.5 Å². The summed E-state index contributed by atoms with van der Waals surface area (Å²) in [5, 5.41) is 12.6. The Morgan fingerprint density at radius 2 is 2.24 bits per heavy atom. The van der Waals surface area contributed by atoms with Crippen LogP contribution in [0.2, 0.25) is 0 Å². The lowest BCUT2D eigenvalue weighted by Gasteiger charge is -2.54. The molecule has 1 N–H and O–H groups in total. The molecule has 1 spiro atoms. The third-order valence-electron chi connectivity index (χ3n) is 5.14. The maximum Gasteiger partial charge on any atom is 0.410 e. The van der Waals surface area contributed by atoms with Crippen LogP contribution in [0.15, 0.2) is 12.1 Å². The molecule has 136 valence electrons. The second-order valence-corrected chi connectivity index (χ2v) is 9.33. The Kier molecular flexibility index (Phi) is 5.08. The second-order valence-electron chi connectivity index (χ2n) is 8.16. The van der Waals surface area contributed by atoms with Crippen molar-refractivity contribution in [2.45, 2.75) is 76.6 Å². The number of nitriles is 1. The van der Waals surface area contributed by atoms with Crippen molar-refractivity contribution in [1.82, 2.24) is 10.2 Å².